The average molecular weight is 413 g/mol. The summed E-state index contributed by atoms with van der Waals surface area (Å²) >= 11 is 7.47. The Morgan fingerprint density at radius 1 is 1.18 bits per heavy atom. The normalized spacial score (nSPS) is 10.9. The molecule has 2 aromatic carbocycles. The lowest BCUT2D eigenvalue weighted by molar-refractivity contribution is 0.0954. The molecule has 28 heavy (non-hydrogen) atoms. The molecule has 2 heterocycles. The molecule has 0 bridgehead atoms. The number of halogens is 1. The number of nitrogens with zero attached hydrogens (tertiary/aromatic N) is 3. The topological polar surface area (TPSA) is 68.5 Å². The molecular weight excluding hydrogens is 396 g/mol. The lowest BCUT2D eigenvalue weighted by atomic mass is 10.2. The van der Waals surface area contributed by atoms with Crippen molar-refractivity contribution in [1.82, 2.24) is 19.9 Å². The van der Waals surface area contributed by atoms with Gasteiger partial charge in [0.05, 0.1) is 12.8 Å². The first kappa shape index (κ1) is 18.5. The van der Waals surface area contributed by atoms with E-state index >= 15 is 0 Å². The van der Waals surface area contributed by atoms with E-state index in [2.05, 4.69) is 15.4 Å². The van der Waals surface area contributed by atoms with Gasteiger partial charge in [-0.3, -0.25) is 4.79 Å². The van der Waals surface area contributed by atoms with Crippen molar-refractivity contribution in [2.75, 3.05) is 13.7 Å². The summed E-state index contributed by atoms with van der Waals surface area (Å²) in [5.74, 6) is 1.27. The second-order valence-electron chi connectivity index (χ2n) is 6.10. The fourth-order valence-corrected chi connectivity index (χ4v) is 3.75. The standard InChI is InChI=1S/C20H17ClN4O2S/c1-27-17-8-4-14(5-9-17)19(26)22-11-10-16-12-28-20-23-18(24-25(16)20)13-2-6-15(21)7-3-13/h2-9,12H,10-11H2,1H3,(H,22,26). The lowest BCUT2D eigenvalue weighted by Gasteiger charge is -2.05. The van der Waals surface area contributed by atoms with Crippen molar-refractivity contribution in [3.8, 4) is 17.1 Å². The smallest absolute Gasteiger partial charge is 0.251 e. The molecule has 142 valence electrons. The highest BCUT2D eigenvalue weighted by Crippen LogP contribution is 2.22. The number of carbonyl (C=O) groups is 1. The van der Waals surface area contributed by atoms with Gasteiger partial charge in [0.25, 0.3) is 5.91 Å². The van der Waals surface area contributed by atoms with Crippen LogP contribution < -0.4 is 10.1 Å². The van der Waals surface area contributed by atoms with Crippen molar-refractivity contribution in [2.45, 2.75) is 6.42 Å². The number of methoxy groups -OCH3 is 1. The van der Waals surface area contributed by atoms with E-state index in [4.69, 9.17) is 16.3 Å². The Bertz CT molecular complexity index is 1100. The largest absolute Gasteiger partial charge is 0.497 e. The SMILES string of the molecule is COc1ccc(C(=O)NCCc2csc3nc(-c4ccc(Cl)cc4)nn23)cc1. The first-order valence-electron chi connectivity index (χ1n) is 8.65. The zero-order valence-electron chi connectivity index (χ0n) is 15.1. The van der Waals surface area contributed by atoms with Crippen LogP contribution in [-0.2, 0) is 6.42 Å². The zero-order valence-corrected chi connectivity index (χ0v) is 16.6. The van der Waals surface area contributed by atoms with E-state index in [0.29, 0.717) is 29.4 Å². The molecule has 0 saturated carbocycles. The minimum Gasteiger partial charge on any atom is -0.497 e. The molecule has 0 unspecified atom stereocenters. The Balaban J connectivity index is 1.42. The molecule has 4 aromatic rings. The van der Waals surface area contributed by atoms with Gasteiger partial charge in [-0.15, -0.1) is 16.4 Å². The average Bonchev–Trinajstić information content (AvgIpc) is 3.30. The number of hydrogen-bond donors (Lipinski definition) is 1. The molecular formula is C20H17ClN4O2S. The highest BCUT2D eigenvalue weighted by Gasteiger charge is 2.12. The summed E-state index contributed by atoms with van der Waals surface area (Å²) in [5, 5.41) is 10.2. The van der Waals surface area contributed by atoms with E-state index in [9.17, 15) is 4.79 Å². The van der Waals surface area contributed by atoms with Gasteiger partial charge in [0.2, 0.25) is 4.96 Å². The molecule has 6 nitrogen and oxygen atoms in total. The van der Waals surface area contributed by atoms with Gasteiger partial charge in [-0.2, -0.15) is 4.98 Å². The Kier molecular flexibility index (Phi) is 5.27. The lowest BCUT2D eigenvalue weighted by Crippen LogP contribution is -2.25. The van der Waals surface area contributed by atoms with Crippen molar-refractivity contribution in [3.63, 3.8) is 0 Å². The number of carbonyl (C=O) groups excluding carboxylic acids is 1. The summed E-state index contributed by atoms with van der Waals surface area (Å²) in [4.78, 5) is 17.6. The number of benzene rings is 2. The number of amides is 1. The summed E-state index contributed by atoms with van der Waals surface area (Å²) in [5.41, 5.74) is 2.52. The predicted octanol–water partition coefficient (Wildman–Crippen LogP) is 4.09. The monoisotopic (exact) mass is 412 g/mol. The first-order chi connectivity index (χ1) is 13.6. The number of thiazole rings is 1. The Morgan fingerprint density at radius 2 is 1.93 bits per heavy atom. The maximum atomic E-state index is 12.3. The zero-order chi connectivity index (χ0) is 19.5. The summed E-state index contributed by atoms with van der Waals surface area (Å²) in [6.07, 6.45) is 0.658. The van der Waals surface area contributed by atoms with Crippen molar-refractivity contribution in [2.24, 2.45) is 0 Å². The fraction of sp³-hybridized carbons (Fsp3) is 0.150. The second kappa shape index (κ2) is 8.00. The van der Waals surface area contributed by atoms with E-state index in [-0.39, 0.29) is 5.91 Å². The summed E-state index contributed by atoms with van der Waals surface area (Å²) in [7, 11) is 1.60. The predicted molar refractivity (Wildman–Crippen MR) is 110 cm³/mol. The number of rotatable bonds is 6. The third-order valence-electron chi connectivity index (χ3n) is 4.27. The maximum Gasteiger partial charge on any atom is 0.251 e. The van der Waals surface area contributed by atoms with Crippen LogP contribution in [0.15, 0.2) is 53.9 Å². The minimum atomic E-state index is -0.116. The maximum absolute atomic E-state index is 12.3. The molecule has 0 spiro atoms. The Labute approximate surface area is 170 Å². The molecule has 0 radical (unpaired) electrons. The number of nitrogens with one attached hydrogen (secondary N) is 1. The van der Waals surface area contributed by atoms with Crippen LogP contribution in [-0.4, -0.2) is 34.2 Å². The van der Waals surface area contributed by atoms with Crippen LogP contribution in [0.5, 0.6) is 5.75 Å². The van der Waals surface area contributed by atoms with Gasteiger partial charge >= 0.3 is 0 Å². The van der Waals surface area contributed by atoms with Crippen LogP contribution >= 0.6 is 22.9 Å². The van der Waals surface area contributed by atoms with E-state index in [0.717, 1.165) is 22.0 Å². The first-order valence-corrected chi connectivity index (χ1v) is 9.91. The molecule has 0 aliphatic carbocycles. The van der Waals surface area contributed by atoms with E-state index < -0.39 is 0 Å². The fourth-order valence-electron chi connectivity index (χ4n) is 2.77. The quantitative estimate of drug-likeness (QED) is 0.517. The highest BCUT2D eigenvalue weighted by molar-refractivity contribution is 7.15. The molecule has 4 rings (SSSR count). The third-order valence-corrected chi connectivity index (χ3v) is 5.39. The van der Waals surface area contributed by atoms with Crippen LogP contribution in [0.4, 0.5) is 0 Å². The van der Waals surface area contributed by atoms with Gasteiger partial charge in [-0.25, -0.2) is 4.52 Å². The molecule has 0 aliphatic heterocycles. The number of aromatic nitrogens is 3. The molecule has 0 atom stereocenters. The number of ether oxygens (including phenoxy) is 1. The molecule has 0 fully saturated rings. The van der Waals surface area contributed by atoms with Gasteiger partial charge in [-0.05, 0) is 48.5 Å². The van der Waals surface area contributed by atoms with Gasteiger partial charge in [-0.1, -0.05) is 11.6 Å². The molecule has 2 aromatic heterocycles. The Morgan fingerprint density at radius 3 is 2.64 bits per heavy atom. The minimum absolute atomic E-state index is 0.116. The van der Waals surface area contributed by atoms with Crippen molar-refractivity contribution < 1.29 is 9.53 Å². The summed E-state index contributed by atoms with van der Waals surface area (Å²) in [6.45, 7) is 0.507. The van der Waals surface area contributed by atoms with Gasteiger partial charge < -0.3 is 10.1 Å². The van der Waals surface area contributed by atoms with Crippen LogP contribution in [0.1, 0.15) is 16.1 Å². The van der Waals surface area contributed by atoms with Gasteiger partial charge in [0.15, 0.2) is 5.82 Å². The molecule has 1 amide bonds. The van der Waals surface area contributed by atoms with E-state index in [1.807, 2.05) is 34.2 Å². The second-order valence-corrected chi connectivity index (χ2v) is 7.37. The third kappa shape index (κ3) is 3.85. The summed E-state index contributed by atoms with van der Waals surface area (Å²) in [6, 6.07) is 14.5. The van der Waals surface area contributed by atoms with Crippen molar-refractivity contribution in [1.29, 1.82) is 0 Å². The summed E-state index contributed by atoms with van der Waals surface area (Å²) < 4.78 is 6.93. The highest BCUT2D eigenvalue weighted by atomic mass is 35.5. The van der Waals surface area contributed by atoms with Crippen molar-refractivity contribution in [3.05, 3.63) is 70.2 Å². The van der Waals surface area contributed by atoms with Crippen LogP contribution in [0.2, 0.25) is 5.02 Å². The number of hydrogen-bond acceptors (Lipinski definition) is 5. The van der Waals surface area contributed by atoms with Crippen LogP contribution in [0.25, 0.3) is 16.3 Å². The van der Waals surface area contributed by atoms with Gasteiger partial charge in [0, 0.05) is 34.5 Å². The molecule has 0 saturated heterocycles. The molecule has 1 N–H and O–H groups in total. The van der Waals surface area contributed by atoms with E-state index in [1.54, 1.807) is 31.4 Å². The molecule has 0 aliphatic rings. The number of fused-ring (bicyclic) bond motifs is 1. The molecule has 8 heteroatoms. The Hall–Kier alpha value is -2.90. The van der Waals surface area contributed by atoms with Crippen LogP contribution in [0.3, 0.4) is 0 Å². The van der Waals surface area contributed by atoms with Crippen molar-refractivity contribution >= 4 is 33.8 Å². The van der Waals surface area contributed by atoms with Crippen LogP contribution in [0, 0.1) is 0 Å². The van der Waals surface area contributed by atoms with Gasteiger partial charge in [0.1, 0.15) is 5.75 Å². The van der Waals surface area contributed by atoms with E-state index in [1.165, 1.54) is 11.3 Å².